The average molecular weight is 344 g/mol. The Kier molecular flexibility index (Phi) is 4.74. The number of amides is 2. The van der Waals surface area contributed by atoms with E-state index in [9.17, 15) is 9.59 Å². The molecule has 1 aromatic carbocycles. The van der Waals surface area contributed by atoms with Crippen molar-refractivity contribution in [3.8, 4) is 10.6 Å². The molecule has 2 amide bonds. The molecule has 0 unspecified atom stereocenters. The van der Waals surface area contributed by atoms with E-state index in [0.717, 1.165) is 10.6 Å². The third-order valence-corrected chi connectivity index (χ3v) is 4.46. The van der Waals surface area contributed by atoms with Crippen LogP contribution in [0.15, 0.2) is 47.2 Å². The second-order valence-electron chi connectivity index (χ2n) is 4.52. The van der Waals surface area contributed by atoms with Crippen LogP contribution in [0.25, 0.3) is 10.6 Å². The van der Waals surface area contributed by atoms with Gasteiger partial charge < -0.3 is 5.32 Å². The summed E-state index contributed by atoms with van der Waals surface area (Å²) in [5.74, 6) is -0.640. The fraction of sp³-hybridized carbons (Fsp3) is 0.0667. The molecule has 2 heterocycles. The Labute approximate surface area is 140 Å². The van der Waals surface area contributed by atoms with Gasteiger partial charge in [0.25, 0.3) is 5.91 Å². The molecule has 8 heteroatoms. The third-order valence-electron chi connectivity index (χ3n) is 2.88. The lowest BCUT2D eigenvalue weighted by Crippen LogP contribution is -2.32. The molecule has 0 bridgehead atoms. The van der Waals surface area contributed by atoms with Crippen molar-refractivity contribution in [1.29, 1.82) is 0 Å². The summed E-state index contributed by atoms with van der Waals surface area (Å²) in [6.07, 6.45) is 0. The van der Waals surface area contributed by atoms with E-state index in [1.165, 1.54) is 11.3 Å². The van der Waals surface area contributed by atoms with E-state index in [4.69, 9.17) is 0 Å². The quantitative estimate of drug-likeness (QED) is 0.745. The summed E-state index contributed by atoms with van der Waals surface area (Å²) in [6, 6.07) is 10.7. The van der Waals surface area contributed by atoms with Crippen LogP contribution >= 0.6 is 22.7 Å². The molecule has 0 aliphatic carbocycles. The van der Waals surface area contributed by atoms with Gasteiger partial charge in [0.15, 0.2) is 0 Å². The van der Waals surface area contributed by atoms with Crippen molar-refractivity contribution < 1.29 is 9.59 Å². The molecule has 6 nitrogen and oxygen atoms in total. The van der Waals surface area contributed by atoms with Crippen LogP contribution in [0.2, 0.25) is 0 Å². The highest BCUT2D eigenvalue weighted by molar-refractivity contribution is 7.19. The molecule has 0 atom stereocenters. The molecule has 0 saturated heterocycles. The molecule has 3 rings (SSSR count). The number of aromatic nitrogens is 2. The summed E-state index contributed by atoms with van der Waals surface area (Å²) in [5, 5.41) is 18.2. The maximum Gasteiger partial charge on any atom is 0.251 e. The van der Waals surface area contributed by atoms with Crippen LogP contribution in [-0.4, -0.2) is 28.6 Å². The van der Waals surface area contributed by atoms with Crippen LogP contribution in [-0.2, 0) is 4.79 Å². The molecule has 0 saturated carbocycles. The van der Waals surface area contributed by atoms with Gasteiger partial charge >= 0.3 is 0 Å². The molecule has 3 aromatic rings. The SMILES string of the molecule is O=C(CNC(=O)c1ccccc1)Nc1nnc(-c2ccsc2)s1. The minimum Gasteiger partial charge on any atom is -0.343 e. The van der Waals surface area contributed by atoms with Crippen LogP contribution in [0.5, 0.6) is 0 Å². The lowest BCUT2D eigenvalue weighted by Gasteiger charge is -2.04. The van der Waals surface area contributed by atoms with E-state index in [1.54, 1.807) is 35.6 Å². The number of carbonyl (C=O) groups is 2. The number of benzene rings is 1. The largest absolute Gasteiger partial charge is 0.343 e. The van der Waals surface area contributed by atoms with Crippen molar-refractivity contribution in [2.45, 2.75) is 0 Å². The van der Waals surface area contributed by atoms with Crippen molar-refractivity contribution in [1.82, 2.24) is 15.5 Å². The number of carbonyl (C=O) groups excluding carboxylic acids is 2. The zero-order valence-corrected chi connectivity index (χ0v) is 13.5. The van der Waals surface area contributed by atoms with Crippen molar-refractivity contribution in [3.05, 3.63) is 52.7 Å². The monoisotopic (exact) mass is 344 g/mol. The maximum atomic E-state index is 11.9. The van der Waals surface area contributed by atoms with Gasteiger partial charge in [-0.2, -0.15) is 11.3 Å². The first-order valence-electron chi connectivity index (χ1n) is 6.71. The Balaban J connectivity index is 1.53. The summed E-state index contributed by atoms with van der Waals surface area (Å²) in [5.41, 5.74) is 1.49. The number of anilines is 1. The number of nitrogens with zero attached hydrogens (tertiary/aromatic N) is 2. The average Bonchev–Trinajstić information content (AvgIpc) is 3.24. The van der Waals surface area contributed by atoms with Gasteiger partial charge in [-0.3, -0.25) is 14.9 Å². The van der Waals surface area contributed by atoms with E-state index in [-0.39, 0.29) is 18.4 Å². The Morgan fingerprint density at radius 1 is 1.09 bits per heavy atom. The summed E-state index contributed by atoms with van der Waals surface area (Å²) in [7, 11) is 0. The van der Waals surface area contributed by atoms with E-state index < -0.39 is 0 Å². The molecule has 0 aliphatic heterocycles. The van der Waals surface area contributed by atoms with E-state index >= 15 is 0 Å². The normalized spacial score (nSPS) is 10.3. The highest BCUT2D eigenvalue weighted by atomic mass is 32.1. The van der Waals surface area contributed by atoms with Gasteiger partial charge in [0.05, 0.1) is 6.54 Å². The molecule has 0 aliphatic rings. The fourth-order valence-corrected chi connectivity index (χ4v) is 3.26. The first kappa shape index (κ1) is 15.3. The standard InChI is InChI=1S/C15H12N4O2S2/c20-12(8-16-13(21)10-4-2-1-3-5-10)17-15-19-18-14(23-15)11-6-7-22-9-11/h1-7,9H,8H2,(H,16,21)(H,17,19,20). The Hall–Kier alpha value is -2.58. The van der Waals surface area contributed by atoms with Crippen LogP contribution < -0.4 is 10.6 Å². The Morgan fingerprint density at radius 3 is 2.65 bits per heavy atom. The first-order valence-corrected chi connectivity index (χ1v) is 8.47. The summed E-state index contributed by atoms with van der Waals surface area (Å²) >= 11 is 2.86. The molecule has 23 heavy (non-hydrogen) atoms. The van der Waals surface area contributed by atoms with E-state index in [2.05, 4.69) is 20.8 Å². The smallest absolute Gasteiger partial charge is 0.251 e. The number of hydrogen-bond donors (Lipinski definition) is 2. The molecule has 0 radical (unpaired) electrons. The zero-order valence-electron chi connectivity index (χ0n) is 11.9. The molecular formula is C15H12N4O2S2. The van der Waals surface area contributed by atoms with Crippen molar-refractivity contribution in [2.75, 3.05) is 11.9 Å². The Bertz CT molecular complexity index is 800. The molecular weight excluding hydrogens is 332 g/mol. The van der Waals surface area contributed by atoms with Crippen molar-refractivity contribution in [3.63, 3.8) is 0 Å². The first-order chi connectivity index (χ1) is 11.2. The minimum atomic E-state index is -0.345. The van der Waals surface area contributed by atoms with Crippen molar-refractivity contribution in [2.24, 2.45) is 0 Å². The van der Waals surface area contributed by atoms with Gasteiger partial charge in [-0.05, 0) is 23.6 Å². The summed E-state index contributed by atoms with van der Waals surface area (Å²) in [4.78, 5) is 23.7. The predicted molar refractivity (Wildman–Crippen MR) is 90.6 cm³/mol. The van der Waals surface area contributed by atoms with Gasteiger partial charge in [-0.15, -0.1) is 10.2 Å². The van der Waals surface area contributed by atoms with E-state index in [1.807, 2.05) is 22.9 Å². The zero-order chi connectivity index (χ0) is 16.1. The number of nitrogens with one attached hydrogen (secondary N) is 2. The second-order valence-corrected chi connectivity index (χ2v) is 6.28. The van der Waals surface area contributed by atoms with Crippen LogP contribution in [0.4, 0.5) is 5.13 Å². The van der Waals surface area contributed by atoms with Crippen LogP contribution in [0.3, 0.4) is 0 Å². The highest BCUT2D eigenvalue weighted by Gasteiger charge is 2.11. The molecule has 2 N–H and O–H groups in total. The lowest BCUT2D eigenvalue weighted by molar-refractivity contribution is -0.115. The van der Waals surface area contributed by atoms with E-state index in [0.29, 0.717) is 10.7 Å². The topological polar surface area (TPSA) is 84.0 Å². The number of thiophene rings is 1. The highest BCUT2D eigenvalue weighted by Crippen LogP contribution is 2.27. The van der Waals surface area contributed by atoms with Gasteiger partial charge in [-0.25, -0.2) is 0 Å². The van der Waals surface area contributed by atoms with Gasteiger partial charge in [0.2, 0.25) is 11.0 Å². The summed E-state index contributed by atoms with van der Waals surface area (Å²) < 4.78 is 0. The number of hydrogen-bond acceptors (Lipinski definition) is 6. The summed E-state index contributed by atoms with van der Waals surface area (Å²) in [6.45, 7) is -0.124. The maximum absolute atomic E-state index is 11.9. The second kappa shape index (κ2) is 7.12. The molecule has 116 valence electrons. The van der Waals surface area contributed by atoms with Crippen molar-refractivity contribution >= 4 is 39.6 Å². The lowest BCUT2D eigenvalue weighted by atomic mass is 10.2. The van der Waals surface area contributed by atoms with Gasteiger partial charge in [0, 0.05) is 16.5 Å². The molecule has 2 aromatic heterocycles. The molecule has 0 spiro atoms. The molecule has 0 fully saturated rings. The minimum absolute atomic E-state index is 0.124. The third kappa shape index (κ3) is 3.99. The predicted octanol–water partition coefficient (Wildman–Crippen LogP) is 2.64. The van der Waals surface area contributed by atoms with Crippen LogP contribution in [0.1, 0.15) is 10.4 Å². The van der Waals surface area contributed by atoms with Gasteiger partial charge in [0.1, 0.15) is 5.01 Å². The Morgan fingerprint density at radius 2 is 1.91 bits per heavy atom. The van der Waals surface area contributed by atoms with Gasteiger partial charge in [-0.1, -0.05) is 29.5 Å². The number of rotatable bonds is 5. The fourth-order valence-electron chi connectivity index (χ4n) is 1.79. The van der Waals surface area contributed by atoms with Crippen LogP contribution in [0, 0.1) is 0 Å².